The standard InChI is InChI=1S/C56H37N5/c1-36-25-27-44(37(2)29-36)40-26-28-54-48(30-40)47-23-13-14-24-53(47)61(54)55-49(45-21-11-9-19-41(45)34-57)31-43(32-50(55)46-22-12-10-20-42(46)35-58)52-33-51(38-15-5-3-6-16-38)59-56(60-52)39-17-7-4-8-18-39/h3-33H,1-2H3. The molecule has 10 rings (SSSR count). The molecule has 0 aliphatic heterocycles. The number of rotatable bonds is 7. The van der Waals surface area contributed by atoms with Crippen LogP contribution in [0.25, 0.3) is 94.8 Å². The van der Waals surface area contributed by atoms with Crippen molar-refractivity contribution in [3.8, 4) is 85.1 Å². The molecule has 5 nitrogen and oxygen atoms in total. The first-order valence-corrected chi connectivity index (χ1v) is 20.3. The van der Waals surface area contributed by atoms with Crippen LogP contribution in [0.3, 0.4) is 0 Å². The van der Waals surface area contributed by atoms with Gasteiger partial charge in [-0.3, -0.25) is 0 Å². The first-order valence-electron chi connectivity index (χ1n) is 20.3. The quantitative estimate of drug-likeness (QED) is 0.161. The van der Waals surface area contributed by atoms with Crippen molar-refractivity contribution in [1.82, 2.24) is 14.5 Å². The van der Waals surface area contributed by atoms with Gasteiger partial charge in [0.1, 0.15) is 0 Å². The third kappa shape index (κ3) is 6.61. The Kier molecular flexibility index (Phi) is 9.33. The minimum absolute atomic E-state index is 0.538. The summed E-state index contributed by atoms with van der Waals surface area (Å²) in [6.45, 7) is 4.29. The van der Waals surface area contributed by atoms with Crippen LogP contribution in [0.5, 0.6) is 0 Å². The molecule has 0 fully saturated rings. The van der Waals surface area contributed by atoms with Gasteiger partial charge in [-0.05, 0) is 79.1 Å². The van der Waals surface area contributed by atoms with E-state index in [9.17, 15) is 10.5 Å². The predicted molar refractivity (Wildman–Crippen MR) is 248 cm³/mol. The molecule has 0 saturated carbocycles. The summed E-state index contributed by atoms with van der Waals surface area (Å²) in [6.07, 6.45) is 0. The van der Waals surface area contributed by atoms with Gasteiger partial charge in [-0.1, -0.05) is 145 Å². The first kappa shape index (κ1) is 36.9. The van der Waals surface area contributed by atoms with E-state index in [0.717, 1.165) is 77.7 Å². The third-order valence-corrected chi connectivity index (χ3v) is 11.5. The minimum atomic E-state index is 0.538. The average molecular weight is 780 g/mol. The Hall–Kier alpha value is -8.38. The van der Waals surface area contributed by atoms with Gasteiger partial charge in [0.05, 0.1) is 51.4 Å². The molecule has 2 heterocycles. The lowest BCUT2D eigenvalue weighted by molar-refractivity contribution is 1.17. The van der Waals surface area contributed by atoms with Crippen LogP contribution in [-0.2, 0) is 0 Å². The number of aromatic nitrogens is 3. The van der Waals surface area contributed by atoms with Crippen molar-refractivity contribution in [2.24, 2.45) is 0 Å². The molecule has 0 spiro atoms. The second-order valence-electron chi connectivity index (χ2n) is 15.3. The molecular weight excluding hydrogens is 743 g/mol. The topological polar surface area (TPSA) is 78.3 Å². The lowest BCUT2D eigenvalue weighted by atomic mass is 9.88. The summed E-state index contributed by atoms with van der Waals surface area (Å²) in [5.74, 6) is 0.598. The van der Waals surface area contributed by atoms with E-state index in [4.69, 9.17) is 9.97 Å². The maximum Gasteiger partial charge on any atom is 0.160 e. The van der Waals surface area contributed by atoms with Gasteiger partial charge < -0.3 is 4.57 Å². The van der Waals surface area contributed by atoms with E-state index in [1.165, 1.54) is 16.7 Å². The first-order chi connectivity index (χ1) is 30.0. The number of benzene rings is 8. The van der Waals surface area contributed by atoms with E-state index in [1.807, 2.05) is 103 Å². The van der Waals surface area contributed by atoms with Gasteiger partial charge in [-0.2, -0.15) is 10.5 Å². The molecule has 61 heavy (non-hydrogen) atoms. The van der Waals surface area contributed by atoms with Crippen LogP contribution in [0.15, 0.2) is 188 Å². The van der Waals surface area contributed by atoms with Crippen LogP contribution in [0, 0.1) is 36.5 Å². The van der Waals surface area contributed by atoms with Crippen LogP contribution in [0.1, 0.15) is 22.3 Å². The van der Waals surface area contributed by atoms with E-state index >= 15 is 0 Å². The van der Waals surface area contributed by atoms with Crippen molar-refractivity contribution in [2.45, 2.75) is 13.8 Å². The number of fused-ring (bicyclic) bond motifs is 3. The Bertz CT molecular complexity index is 3270. The Labute approximate surface area is 354 Å². The molecule has 2 aromatic heterocycles. The molecule has 0 aliphatic rings. The minimum Gasteiger partial charge on any atom is -0.308 e. The van der Waals surface area contributed by atoms with Crippen LogP contribution in [0.2, 0.25) is 0 Å². The van der Waals surface area contributed by atoms with Crippen molar-refractivity contribution < 1.29 is 0 Å². The second kappa shape index (κ2) is 15.4. The van der Waals surface area contributed by atoms with E-state index < -0.39 is 0 Å². The van der Waals surface area contributed by atoms with Crippen molar-refractivity contribution in [3.05, 3.63) is 210 Å². The van der Waals surface area contributed by atoms with Gasteiger partial charge in [0, 0.05) is 49.7 Å². The van der Waals surface area contributed by atoms with E-state index in [1.54, 1.807) is 0 Å². The highest BCUT2D eigenvalue weighted by Gasteiger charge is 2.25. The van der Waals surface area contributed by atoms with Gasteiger partial charge >= 0.3 is 0 Å². The van der Waals surface area contributed by atoms with Gasteiger partial charge in [-0.15, -0.1) is 0 Å². The molecule has 0 amide bonds. The van der Waals surface area contributed by atoms with Gasteiger partial charge in [0.15, 0.2) is 5.82 Å². The smallest absolute Gasteiger partial charge is 0.160 e. The Morgan fingerprint density at radius 2 is 0.967 bits per heavy atom. The highest BCUT2D eigenvalue weighted by atomic mass is 15.0. The number of aryl methyl sites for hydroxylation is 2. The van der Waals surface area contributed by atoms with Gasteiger partial charge in [-0.25, -0.2) is 9.97 Å². The fourth-order valence-corrected chi connectivity index (χ4v) is 8.65. The fraction of sp³-hybridized carbons (Fsp3) is 0.0357. The summed E-state index contributed by atoms with van der Waals surface area (Å²) in [5.41, 5.74) is 16.1. The highest BCUT2D eigenvalue weighted by molar-refractivity contribution is 6.12. The van der Waals surface area contributed by atoms with Crippen LogP contribution in [0.4, 0.5) is 0 Å². The molecule has 0 saturated heterocycles. The molecular formula is C56H37N5. The van der Waals surface area contributed by atoms with Crippen LogP contribution in [-0.4, -0.2) is 14.5 Å². The summed E-state index contributed by atoms with van der Waals surface area (Å²) in [4.78, 5) is 10.3. The van der Waals surface area contributed by atoms with Crippen molar-refractivity contribution in [2.75, 3.05) is 0 Å². The Morgan fingerprint density at radius 3 is 1.61 bits per heavy atom. The maximum atomic E-state index is 10.7. The third-order valence-electron chi connectivity index (χ3n) is 11.5. The van der Waals surface area contributed by atoms with Crippen molar-refractivity contribution in [3.63, 3.8) is 0 Å². The Balaban J connectivity index is 1.34. The zero-order valence-corrected chi connectivity index (χ0v) is 33.6. The molecule has 0 N–H and O–H groups in total. The zero-order valence-electron chi connectivity index (χ0n) is 33.6. The summed E-state index contributed by atoms with van der Waals surface area (Å²) in [6, 6.07) is 68.8. The number of para-hydroxylation sites is 1. The molecule has 0 bridgehead atoms. The summed E-state index contributed by atoms with van der Waals surface area (Å²) < 4.78 is 2.32. The molecule has 5 heteroatoms. The molecule has 10 aromatic rings. The van der Waals surface area contributed by atoms with Gasteiger partial charge in [0.2, 0.25) is 0 Å². The van der Waals surface area contributed by atoms with Crippen LogP contribution >= 0.6 is 0 Å². The normalized spacial score (nSPS) is 11.1. The van der Waals surface area contributed by atoms with E-state index in [2.05, 4.69) is 115 Å². The summed E-state index contributed by atoms with van der Waals surface area (Å²) in [5, 5.41) is 23.6. The number of hydrogen-bond donors (Lipinski definition) is 0. The Morgan fingerprint density at radius 1 is 0.410 bits per heavy atom. The predicted octanol–water partition coefficient (Wildman–Crippen LogP) is 13.9. The van der Waals surface area contributed by atoms with E-state index in [0.29, 0.717) is 22.6 Å². The zero-order chi connectivity index (χ0) is 41.5. The second-order valence-corrected chi connectivity index (χ2v) is 15.3. The van der Waals surface area contributed by atoms with Crippen LogP contribution < -0.4 is 0 Å². The van der Waals surface area contributed by atoms with Crippen molar-refractivity contribution >= 4 is 21.8 Å². The SMILES string of the molecule is Cc1ccc(-c2ccc3c(c2)c2ccccc2n3-c2c(-c3ccccc3C#N)cc(-c3cc(-c4ccccc4)nc(-c4ccccc4)n3)cc2-c2ccccc2C#N)c(C)c1. The lowest BCUT2D eigenvalue weighted by Crippen LogP contribution is -2.04. The molecule has 0 radical (unpaired) electrons. The molecule has 286 valence electrons. The lowest BCUT2D eigenvalue weighted by Gasteiger charge is -2.22. The monoisotopic (exact) mass is 779 g/mol. The highest BCUT2D eigenvalue weighted by Crippen LogP contribution is 2.46. The van der Waals surface area contributed by atoms with Gasteiger partial charge in [0.25, 0.3) is 0 Å². The van der Waals surface area contributed by atoms with E-state index in [-0.39, 0.29) is 0 Å². The fourth-order valence-electron chi connectivity index (χ4n) is 8.65. The largest absolute Gasteiger partial charge is 0.308 e. The number of hydrogen-bond acceptors (Lipinski definition) is 4. The number of nitrogens with zero attached hydrogens (tertiary/aromatic N) is 5. The maximum absolute atomic E-state index is 10.7. The molecule has 0 atom stereocenters. The average Bonchev–Trinajstić information content (AvgIpc) is 3.64. The molecule has 8 aromatic carbocycles. The molecule has 0 aliphatic carbocycles. The number of nitriles is 2. The summed E-state index contributed by atoms with van der Waals surface area (Å²) in [7, 11) is 0. The summed E-state index contributed by atoms with van der Waals surface area (Å²) >= 11 is 0. The van der Waals surface area contributed by atoms with Crippen molar-refractivity contribution in [1.29, 1.82) is 10.5 Å². The molecule has 0 unspecified atom stereocenters.